The van der Waals surface area contributed by atoms with Crippen LogP contribution in [0.25, 0.3) is 144 Å². The molecule has 6 nitrogen and oxygen atoms in total. The number of benzene rings is 10. The van der Waals surface area contributed by atoms with Crippen molar-refractivity contribution >= 4 is 87.5 Å². The fourth-order valence-electron chi connectivity index (χ4n) is 10.8. The molecular formula is C64H38N4O2. The Morgan fingerprint density at radius 2 is 0.714 bits per heavy atom. The zero-order valence-electron chi connectivity index (χ0n) is 37.5. The van der Waals surface area contributed by atoms with Crippen LogP contribution in [0.2, 0.25) is 0 Å². The highest BCUT2D eigenvalue weighted by atomic mass is 16.3. The van der Waals surface area contributed by atoms with Crippen molar-refractivity contribution in [2.75, 3.05) is 0 Å². The van der Waals surface area contributed by atoms with Gasteiger partial charge in [-0.15, -0.1) is 0 Å². The van der Waals surface area contributed by atoms with Crippen molar-refractivity contribution in [1.82, 2.24) is 19.1 Å². The molecule has 0 saturated carbocycles. The van der Waals surface area contributed by atoms with Gasteiger partial charge in [0.25, 0.3) is 0 Å². The Bertz CT molecular complexity index is 4510. The van der Waals surface area contributed by atoms with Crippen LogP contribution in [-0.4, -0.2) is 19.1 Å². The van der Waals surface area contributed by atoms with E-state index in [1.165, 1.54) is 21.5 Å². The van der Waals surface area contributed by atoms with E-state index in [4.69, 9.17) is 18.8 Å². The zero-order valence-corrected chi connectivity index (χ0v) is 37.5. The van der Waals surface area contributed by atoms with Crippen LogP contribution in [-0.2, 0) is 0 Å². The SMILES string of the molecule is c1ccc(-c2cc(-c3ccccc3)nc(-c3ccc(-n4c5ccccc5c5cc6c(cc54)oc4ccc(-c5ccc7c(c5)c5cc8c(cc5n7-c5ccccc5)oc5ccccc58)cc46)cc3)n2)cc1. The summed E-state index contributed by atoms with van der Waals surface area (Å²) < 4.78 is 17.8. The quantitative estimate of drug-likeness (QED) is 0.167. The normalized spacial score (nSPS) is 12.0. The monoisotopic (exact) mass is 894 g/mol. The summed E-state index contributed by atoms with van der Waals surface area (Å²) in [6.07, 6.45) is 0. The molecule has 15 rings (SSSR count). The summed E-state index contributed by atoms with van der Waals surface area (Å²) in [7, 11) is 0. The van der Waals surface area contributed by atoms with E-state index < -0.39 is 0 Å². The van der Waals surface area contributed by atoms with Crippen LogP contribution in [0.3, 0.4) is 0 Å². The Balaban J connectivity index is 0.850. The van der Waals surface area contributed by atoms with Crippen molar-refractivity contribution in [3.05, 3.63) is 231 Å². The molecule has 70 heavy (non-hydrogen) atoms. The molecule has 5 aromatic heterocycles. The van der Waals surface area contributed by atoms with Gasteiger partial charge in [0.15, 0.2) is 5.82 Å². The van der Waals surface area contributed by atoms with Crippen molar-refractivity contribution in [3.63, 3.8) is 0 Å². The standard InChI is InChI=1S/C64H38N4O2/c1-4-14-39(15-5-1)54-36-55(40-16-6-2-7-17-40)66-64(65-54)41-24-28-45(29-25-41)68-56-22-12-10-20-46(56)49-34-53-51-33-43(27-31-61(51)70-63(53)37-58(49)68)42-26-30-57-48(32-42)50-35-52-47-21-11-13-23-60(47)69-62(52)38-59(50)67(57)44-18-8-3-9-19-44/h1-38H. The number of hydrogen-bond acceptors (Lipinski definition) is 4. The van der Waals surface area contributed by atoms with E-state index in [0.717, 1.165) is 117 Å². The second kappa shape index (κ2) is 15.0. The third-order valence-electron chi connectivity index (χ3n) is 14.1. The third-order valence-corrected chi connectivity index (χ3v) is 14.1. The molecule has 5 heterocycles. The average Bonchev–Trinajstić information content (AvgIpc) is 4.17. The Morgan fingerprint density at radius 3 is 1.39 bits per heavy atom. The molecule has 0 aliphatic carbocycles. The van der Waals surface area contributed by atoms with Gasteiger partial charge in [-0.3, -0.25) is 0 Å². The minimum atomic E-state index is 0.681. The van der Waals surface area contributed by atoms with E-state index >= 15 is 0 Å². The van der Waals surface area contributed by atoms with Gasteiger partial charge in [0, 0.05) is 83.3 Å². The lowest BCUT2D eigenvalue weighted by Crippen LogP contribution is -1.97. The maximum absolute atomic E-state index is 6.72. The second-order valence-electron chi connectivity index (χ2n) is 18.1. The van der Waals surface area contributed by atoms with Crippen LogP contribution in [0.4, 0.5) is 0 Å². The number of hydrogen-bond donors (Lipinski definition) is 0. The van der Waals surface area contributed by atoms with Crippen LogP contribution >= 0.6 is 0 Å². The average molecular weight is 895 g/mol. The summed E-state index contributed by atoms with van der Waals surface area (Å²) in [6.45, 7) is 0. The van der Waals surface area contributed by atoms with Gasteiger partial charge in [-0.1, -0.05) is 127 Å². The van der Waals surface area contributed by atoms with E-state index in [0.29, 0.717) is 5.82 Å². The third kappa shape index (κ3) is 5.93. The predicted octanol–water partition coefficient (Wildman–Crippen LogP) is 17.1. The van der Waals surface area contributed by atoms with Crippen molar-refractivity contribution in [2.45, 2.75) is 0 Å². The first-order valence-corrected chi connectivity index (χ1v) is 23.6. The number of rotatable bonds is 6. The van der Waals surface area contributed by atoms with Gasteiger partial charge in [-0.05, 0) is 102 Å². The molecule has 0 N–H and O–H groups in total. The number of para-hydroxylation sites is 3. The Kier molecular flexibility index (Phi) is 8.26. The molecule has 0 aliphatic heterocycles. The first kappa shape index (κ1) is 38.6. The summed E-state index contributed by atoms with van der Waals surface area (Å²) in [6, 6.07) is 81.3. The predicted molar refractivity (Wildman–Crippen MR) is 287 cm³/mol. The molecule has 0 amide bonds. The first-order chi connectivity index (χ1) is 34.7. The molecule has 0 unspecified atom stereocenters. The summed E-state index contributed by atoms with van der Waals surface area (Å²) in [5, 5.41) is 9.13. The van der Waals surface area contributed by atoms with Crippen molar-refractivity contribution in [1.29, 1.82) is 0 Å². The summed E-state index contributed by atoms with van der Waals surface area (Å²) >= 11 is 0. The molecule has 0 fully saturated rings. The molecule has 10 aromatic carbocycles. The largest absolute Gasteiger partial charge is 0.456 e. The van der Waals surface area contributed by atoms with Gasteiger partial charge in [-0.25, -0.2) is 9.97 Å². The molecule has 0 saturated heterocycles. The first-order valence-electron chi connectivity index (χ1n) is 23.6. The summed E-state index contributed by atoms with van der Waals surface area (Å²) in [4.78, 5) is 10.2. The van der Waals surface area contributed by atoms with Crippen molar-refractivity contribution in [2.24, 2.45) is 0 Å². The molecule has 0 radical (unpaired) electrons. The highest BCUT2D eigenvalue weighted by Gasteiger charge is 2.20. The number of furan rings is 2. The molecule has 0 bridgehead atoms. The van der Waals surface area contributed by atoms with Crippen molar-refractivity contribution < 1.29 is 8.83 Å². The fraction of sp³-hybridized carbons (Fsp3) is 0. The van der Waals surface area contributed by atoms with Crippen LogP contribution in [0, 0.1) is 0 Å². The van der Waals surface area contributed by atoms with Gasteiger partial charge in [0.2, 0.25) is 0 Å². The van der Waals surface area contributed by atoms with Gasteiger partial charge >= 0.3 is 0 Å². The highest BCUT2D eigenvalue weighted by molar-refractivity contribution is 6.19. The smallest absolute Gasteiger partial charge is 0.160 e. The molecular weight excluding hydrogens is 857 g/mol. The summed E-state index contributed by atoms with van der Waals surface area (Å²) in [5.74, 6) is 0.681. The molecule has 0 aliphatic rings. The maximum Gasteiger partial charge on any atom is 0.160 e. The van der Waals surface area contributed by atoms with Gasteiger partial charge in [-0.2, -0.15) is 0 Å². The Labute approximate surface area is 400 Å². The van der Waals surface area contributed by atoms with E-state index in [2.05, 4.69) is 191 Å². The van der Waals surface area contributed by atoms with E-state index in [1.807, 2.05) is 48.5 Å². The van der Waals surface area contributed by atoms with E-state index in [1.54, 1.807) is 0 Å². The number of nitrogens with zero attached hydrogens (tertiary/aromatic N) is 4. The van der Waals surface area contributed by atoms with Crippen LogP contribution < -0.4 is 0 Å². The second-order valence-corrected chi connectivity index (χ2v) is 18.1. The molecule has 15 aromatic rings. The van der Waals surface area contributed by atoms with Crippen LogP contribution in [0.1, 0.15) is 0 Å². The molecule has 326 valence electrons. The number of aromatic nitrogens is 4. The van der Waals surface area contributed by atoms with Gasteiger partial charge in [0.1, 0.15) is 22.3 Å². The Hall–Kier alpha value is -9.52. The lowest BCUT2D eigenvalue weighted by Gasteiger charge is -2.11. The molecule has 0 atom stereocenters. The van der Waals surface area contributed by atoms with Crippen molar-refractivity contribution in [3.8, 4) is 56.4 Å². The topological polar surface area (TPSA) is 61.9 Å². The van der Waals surface area contributed by atoms with E-state index in [9.17, 15) is 0 Å². The minimum Gasteiger partial charge on any atom is -0.456 e. The minimum absolute atomic E-state index is 0.681. The fourth-order valence-corrected chi connectivity index (χ4v) is 10.8. The summed E-state index contributed by atoms with van der Waals surface area (Å²) in [5.41, 5.74) is 17.2. The van der Waals surface area contributed by atoms with Crippen LogP contribution in [0.15, 0.2) is 239 Å². The van der Waals surface area contributed by atoms with E-state index in [-0.39, 0.29) is 0 Å². The zero-order chi connectivity index (χ0) is 45.9. The van der Waals surface area contributed by atoms with Gasteiger partial charge in [0.05, 0.1) is 33.5 Å². The molecule has 0 spiro atoms. The lowest BCUT2D eigenvalue weighted by atomic mass is 10.00. The van der Waals surface area contributed by atoms with Crippen LogP contribution in [0.5, 0.6) is 0 Å². The highest BCUT2D eigenvalue weighted by Crippen LogP contribution is 2.43. The Morgan fingerprint density at radius 1 is 0.257 bits per heavy atom. The lowest BCUT2D eigenvalue weighted by molar-refractivity contribution is 0.669. The van der Waals surface area contributed by atoms with Gasteiger partial charge < -0.3 is 18.0 Å². The number of fused-ring (bicyclic) bond motifs is 12. The molecule has 6 heteroatoms. The maximum atomic E-state index is 6.72.